The number of rotatable bonds is 5. The molecule has 10 heteroatoms. The van der Waals surface area contributed by atoms with E-state index in [4.69, 9.17) is 5.11 Å². The molecule has 1 aliphatic heterocycles. The summed E-state index contributed by atoms with van der Waals surface area (Å²) in [5.74, 6) is 0.203. The maximum Gasteiger partial charge on any atom is 0.327 e. The minimum atomic E-state index is -1.56. The van der Waals surface area contributed by atoms with Crippen molar-refractivity contribution in [1.82, 2.24) is 9.97 Å². The fourth-order valence-corrected chi connectivity index (χ4v) is 2.58. The average Bonchev–Trinajstić information content (AvgIpc) is 2.51. The van der Waals surface area contributed by atoms with E-state index < -0.39 is 36.2 Å². The fraction of sp³-hybridized carbons (Fsp3) is 0.692. The van der Waals surface area contributed by atoms with Crippen LogP contribution in [0.4, 0.5) is 11.5 Å². The maximum absolute atomic E-state index is 11.9. The van der Waals surface area contributed by atoms with Crippen molar-refractivity contribution >= 4 is 11.5 Å². The highest BCUT2D eigenvalue weighted by Gasteiger charge is 2.34. The summed E-state index contributed by atoms with van der Waals surface area (Å²) in [6.07, 6.45) is -4.44. The average molecular weight is 330 g/mol. The van der Waals surface area contributed by atoms with Gasteiger partial charge in [0.2, 0.25) is 0 Å². The third-order valence-electron chi connectivity index (χ3n) is 4.16. The lowest BCUT2D eigenvalue weighted by Gasteiger charge is -2.42. The van der Waals surface area contributed by atoms with Crippen molar-refractivity contribution in [1.29, 1.82) is 0 Å². The van der Waals surface area contributed by atoms with Crippen molar-refractivity contribution in [2.75, 3.05) is 23.4 Å². The second-order valence-electron chi connectivity index (χ2n) is 5.77. The molecule has 0 bridgehead atoms. The minimum Gasteiger partial charge on any atom is -0.394 e. The first-order valence-corrected chi connectivity index (χ1v) is 7.31. The van der Waals surface area contributed by atoms with Crippen molar-refractivity contribution < 1.29 is 20.4 Å². The molecule has 10 nitrogen and oxygen atoms in total. The van der Waals surface area contributed by atoms with Gasteiger partial charge in [-0.1, -0.05) is 0 Å². The van der Waals surface area contributed by atoms with Gasteiger partial charge >= 0.3 is 5.69 Å². The van der Waals surface area contributed by atoms with Crippen LogP contribution in [0, 0.1) is 0 Å². The number of hydrogen-bond donors (Lipinski definition) is 7. The largest absolute Gasteiger partial charge is 0.394 e. The molecule has 23 heavy (non-hydrogen) atoms. The number of anilines is 2. The number of β-amino-alcohol motifs (C(OH)–C–C–N with tert-alkyl or cyclic N) is 1. The SMILES string of the molecule is CC1Nc2c([nH]c(=O)[nH]c2=O)N(CC(O)C(O)C(O)CO)C1C. The summed E-state index contributed by atoms with van der Waals surface area (Å²) in [7, 11) is 0. The van der Waals surface area contributed by atoms with Crippen LogP contribution in [-0.4, -0.2) is 73.9 Å². The monoisotopic (exact) mass is 330 g/mol. The van der Waals surface area contributed by atoms with Crippen LogP contribution in [0.25, 0.3) is 0 Å². The van der Waals surface area contributed by atoms with Gasteiger partial charge < -0.3 is 30.6 Å². The molecule has 0 saturated carbocycles. The number of aromatic nitrogens is 2. The van der Waals surface area contributed by atoms with Gasteiger partial charge in [-0.15, -0.1) is 0 Å². The highest BCUT2D eigenvalue weighted by Crippen LogP contribution is 2.28. The topological polar surface area (TPSA) is 162 Å². The Labute approximate surface area is 131 Å². The Kier molecular flexibility index (Phi) is 5.09. The zero-order valence-electron chi connectivity index (χ0n) is 12.9. The van der Waals surface area contributed by atoms with E-state index >= 15 is 0 Å². The standard InChI is InChI=1S/C13H22N4O6/c1-5-6(2)17(3-7(19)10(21)8(20)4-18)11-9(14-5)12(22)16-13(23)15-11/h5-8,10,14,18-21H,3-4H2,1-2H3,(H2,15,16,22,23). The van der Waals surface area contributed by atoms with E-state index in [1.165, 1.54) is 0 Å². The number of nitrogens with one attached hydrogen (secondary N) is 3. The van der Waals surface area contributed by atoms with Gasteiger partial charge in [-0.2, -0.15) is 0 Å². The van der Waals surface area contributed by atoms with Gasteiger partial charge in [0.25, 0.3) is 5.56 Å². The number of hydrogen-bond acceptors (Lipinski definition) is 8. The molecule has 0 aromatic carbocycles. The Morgan fingerprint density at radius 3 is 2.39 bits per heavy atom. The number of aromatic amines is 2. The first-order chi connectivity index (χ1) is 10.8. The molecule has 1 aromatic rings. The van der Waals surface area contributed by atoms with E-state index in [0.717, 1.165) is 0 Å². The molecule has 5 atom stereocenters. The van der Waals surface area contributed by atoms with Crippen molar-refractivity contribution in [3.05, 3.63) is 20.8 Å². The van der Waals surface area contributed by atoms with Crippen molar-refractivity contribution in [2.24, 2.45) is 0 Å². The minimum absolute atomic E-state index is 0.141. The third kappa shape index (κ3) is 3.39. The molecule has 1 aliphatic rings. The zero-order chi connectivity index (χ0) is 17.3. The van der Waals surface area contributed by atoms with Crippen LogP contribution in [-0.2, 0) is 0 Å². The molecule has 0 fully saturated rings. The highest BCUT2D eigenvalue weighted by atomic mass is 16.4. The maximum atomic E-state index is 11.9. The molecule has 7 N–H and O–H groups in total. The van der Waals surface area contributed by atoms with Crippen LogP contribution in [0.5, 0.6) is 0 Å². The van der Waals surface area contributed by atoms with Gasteiger partial charge in [-0.05, 0) is 13.8 Å². The van der Waals surface area contributed by atoms with E-state index in [1.807, 2.05) is 13.8 Å². The van der Waals surface area contributed by atoms with Crippen LogP contribution >= 0.6 is 0 Å². The second kappa shape index (κ2) is 6.71. The quantitative estimate of drug-likeness (QED) is 0.303. The zero-order valence-corrected chi connectivity index (χ0v) is 12.9. The number of H-pyrrole nitrogens is 2. The summed E-state index contributed by atoms with van der Waals surface area (Å²) in [4.78, 5) is 29.6. The molecule has 0 aliphatic carbocycles. The van der Waals surface area contributed by atoms with Gasteiger partial charge in [0.1, 0.15) is 29.8 Å². The molecular weight excluding hydrogens is 308 g/mol. The summed E-state index contributed by atoms with van der Waals surface area (Å²) in [6.45, 7) is 2.81. The lowest BCUT2D eigenvalue weighted by Crippen LogP contribution is -2.55. The second-order valence-corrected chi connectivity index (χ2v) is 5.77. The molecule has 5 unspecified atom stereocenters. The summed E-state index contributed by atoms with van der Waals surface area (Å²) < 4.78 is 0. The normalized spacial score (nSPS) is 24.5. The van der Waals surface area contributed by atoms with Crippen molar-refractivity contribution in [3.8, 4) is 0 Å². The number of aliphatic hydroxyl groups excluding tert-OH is 4. The number of aliphatic hydroxyl groups is 4. The highest BCUT2D eigenvalue weighted by molar-refractivity contribution is 5.68. The molecule has 0 saturated heterocycles. The lowest BCUT2D eigenvalue weighted by atomic mass is 10.0. The predicted molar refractivity (Wildman–Crippen MR) is 82.7 cm³/mol. The van der Waals surface area contributed by atoms with Gasteiger partial charge in [0, 0.05) is 18.6 Å². The van der Waals surface area contributed by atoms with E-state index in [1.54, 1.807) is 4.90 Å². The van der Waals surface area contributed by atoms with E-state index in [0.29, 0.717) is 0 Å². The predicted octanol–water partition coefficient (Wildman–Crippen LogP) is -2.85. The molecule has 0 spiro atoms. The van der Waals surface area contributed by atoms with Crippen LogP contribution in [0.3, 0.4) is 0 Å². The summed E-state index contributed by atoms with van der Waals surface area (Å²) in [5, 5.41) is 41.1. The molecule has 0 amide bonds. The first-order valence-electron chi connectivity index (χ1n) is 7.31. The van der Waals surface area contributed by atoms with Crippen LogP contribution in [0.15, 0.2) is 9.59 Å². The lowest BCUT2D eigenvalue weighted by molar-refractivity contribution is -0.0736. The smallest absolute Gasteiger partial charge is 0.327 e. The molecular formula is C13H22N4O6. The van der Waals surface area contributed by atoms with Crippen LogP contribution in [0.1, 0.15) is 13.8 Å². The Morgan fingerprint density at radius 2 is 1.78 bits per heavy atom. The molecule has 2 heterocycles. The molecule has 1 aromatic heterocycles. The number of nitrogens with zero attached hydrogens (tertiary/aromatic N) is 1. The summed E-state index contributed by atoms with van der Waals surface area (Å²) >= 11 is 0. The van der Waals surface area contributed by atoms with Crippen LogP contribution in [0.2, 0.25) is 0 Å². The van der Waals surface area contributed by atoms with E-state index in [2.05, 4.69) is 15.3 Å². The number of fused-ring (bicyclic) bond motifs is 1. The Bertz CT molecular complexity index is 659. The summed E-state index contributed by atoms with van der Waals surface area (Å²) in [6, 6.07) is -0.380. The van der Waals surface area contributed by atoms with Gasteiger partial charge in [0.15, 0.2) is 0 Å². The van der Waals surface area contributed by atoms with E-state index in [9.17, 15) is 24.9 Å². The van der Waals surface area contributed by atoms with E-state index in [-0.39, 0.29) is 30.1 Å². The van der Waals surface area contributed by atoms with Crippen molar-refractivity contribution in [3.63, 3.8) is 0 Å². The van der Waals surface area contributed by atoms with Gasteiger partial charge in [-0.25, -0.2) is 4.79 Å². The Morgan fingerprint density at radius 1 is 1.13 bits per heavy atom. The molecule has 0 radical (unpaired) electrons. The first kappa shape index (κ1) is 17.5. The molecule has 2 rings (SSSR count). The van der Waals surface area contributed by atoms with Gasteiger partial charge in [0.05, 0.1) is 6.61 Å². The van der Waals surface area contributed by atoms with Gasteiger partial charge in [-0.3, -0.25) is 14.8 Å². The summed E-state index contributed by atoms with van der Waals surface area (Å²) in [5.41, 5.74) is -1.11. The third-order valence-corrected chi connectivity index (χ3v) is 4.16. The van der Waals surface area contributed by atoms with Crippen LogP contribution < -0.4 is 21.5 Å². The molecule has 130 valence electrons. The fourth-order valence-electron chi connectivity index (χ4n) is 2.58. The Hall–Kier alpha value is -1.88. The Balaban J connectivity index is 2.35. The van der Waals surface area contributed by atoms with Crippen molar-refractivity contribution in [2.45, 2.75) is 44.2 Å².